The third-order valence-corrected chi connectivity index (χ3v) is 5.58. The quantitative estimate of drug-likeness (QED) is 0.673. The van der Waals surface area contributed by atoms with Gasteiger partial charge >= 0.3 is 0 Å². The molecule has 1 saturated carbocycles. The Bertz CT molecular complexity index is 802. The Balaban J connectivity index is 1.74. The van der Waals surface area contributed by atoms with Gasteiger partial charge in [0.15, 0.2) is 10.9 Å². The standard InChI is InChI=1S/C21H24N2O2S/c1-15-8-11-19(12-9-15)23(16(2)24)21-22-18(14-26-21)10-13-20(25)17-6-4-3-5-7-17/h8-14,17H,3-7H2,1-2H3. The van der Waals surface area contributed by atoms with E-state index in [9.17, 15) is 9.59 Å². The molecule has 1 aromatic heterocycles. The lowest BCUT2D eigenvalue weighted by molar-refractivity contribution is -0.119. The average molecular weight is 369 g/mol. The van der Waals surface area contributed by atoms with E-state index in [1.54, 1.807) is 17.1 Å². The Labute approximate surface area is 158 Å². The number of rotatable bonds is 5. The third kappa shape index (κ3) is 4.47. The van der Waals surface area contributed by atoms with E-state index < -0.39 is 0 Å². The highest BCUT2D eigenvalue weighted by Crippen LogP contribution is 2.30. The Morgan fingerprint density at radius 2 is 1.85 bits per heavy atom. The molecule has 136 valence electrons. The summed E-state index contributed by atoms with van der Waals surface area (Å²) < 4.78 is 0. The molecule has 1 aliphatic rings. The number of carbonyl (C=O) groups is 2. The Kier molecular flexibility index (Phi) is 5.99. The zero-order chi connectivity index (χ0) is 18.5. The van der Waals surface area contributed by atoms with Crippen molar-refractivity contribution in [3.8, 4) is 0 Å². The fourth-order valence-electron chi connectivity index (χ4n) is 3.27. The van der Waals surface area contributed by atoms with Gasteiger partial charge in [0.25, 0.3) is 0 Å². The first kappa shape index (κ1) is 18.5. The molecule has 5 heteroatoms. The highest BCUT2D eigenvalue weighted by atomic mass is 32.1. The minimum Gasteiger partial charge on any atom is -0.295 e. The lowest BCUT2D eigenvalue weighted by Crippen LogP contribution is -2.22. The van der Waals surface area contributed by atoms with Gasteiger partial charge in [-0.25, -0.2) is 4.98 Å². The number of hydrogen-bond acceptors (Lipinski definition) is 4. The first-order chi connectivity index (χ1) is 12.5. The molecule has 1 aliphatic carbocycles. The van der Waals surface area contributed by atoms with Crippen molar-refractivity contribution in [3.63, 3.8) is 0 Å². The second kappa shape index (κ2) is 8.41. The van der Waals surface area contributed by atoms with Crippen molar-refractivity contribution < 1.29 is 9.59 Å². The number of hydrogen-bond donors (Lipinski definition) is 0. The van der Waals surface area contributed by atoms with Gasteiger partial charge in [0.05, 0.1) is 11.4 Å². The van der Waals surface area contributed by atoms with Crippen molar-refractivity contribution in [2.24, 2.45) is 5.92 Å². The molecular formula is C21H24N2O2S. The summed E-state index contributed by atoms with van der Waals surface area (Å²) in [5.41, 5.74) is 2.65. The van der Waals surface area contributed by atoms with Crippen LogP contribution in [0.15, 0.2) is 35.7 Å². The molecule has 0 radical (unpaired) electrons. The van der Waals surface area contributed by atoms with E-state index in [1.807, 2.05) is 36.6 Å². The van der Waals surface area contributed by atoms with Crippen LogP contribution in [0.1, 0.15) is 50.3 Å². The van der Waals surface area contributed by atoms with E-state index in [-0.39, 0.29) is 17.6 Å². The molecule has 0 saturated heterocycles. The van der Waals surface area contributed by atoms with E-state index in [4.69, 9.17) is 0 Å². The summed E-state index contributed by atoms with van der Waals surface area (Å²) in [5, 5.41) is 2.50. The van der Waals surface area contributed by atoms with Crippen molar-refractivity contribution in [3.05, 3.63) is 47.0 Å². The van der Waals surface area contributed by atoms with Crippen LogP contribution in [0.3, 0.4) is 0 Å². The fourth-order valence-corrected chi connectivity index (χ4v) is 4.12. The summed E-state index contributed by atoms with van der Waals surface area (Å²) in [4.78, 5) is 30.6. The lowest BCUT2D eigenvalue weighted by atomic mass is 9.86. The van der Waals surface area contributed by atoms with Crippen LogP contribution in [0.25, 0.3) is 6.08 Å². The van der Waals surface area contributed by atoms with Gasteiger partial charge in [-0.3, -0.25) is 14.5 Å². The number of aryl methyl sites for hydroxylation is 1. The first-order valence-electron chi connectivity index (χ1n) is 9.09. The molecule has 1 aromatic carbocycles. The molecule has 0 aliphatic heterocycles. The van der Waals surface area contributed by atoms with Crippen molar-refractivity contribution in [2.45, 2.75) is 46.0 Å². The lowest BCUT2D eigenvalue weighted by Gasteiger charge is -2.18. The van der Waals surface area contributed by atoms with Gasteiger partial charge in [-0.2, -0.15) is 0 Å². The third-order valence-electron chi connectivity index (χ3n) is 4.73. The summed E-state index contributed by atoms with van der Waals surface area (Å²) in [7, 11) is 0. The van der Waals surface area contributed by atoms with Crippen molar-refractivity contribution >= 4 is 39.9 Å². The largest absolute Gasteiger partial charge is 0.295 e. The maximum absolute atomic E-state index is 12.3. The van der Waals surface area contributed by atoms with E-state index in [1.165, 1.54) is 24.7 Å². The Morgan fingerprint density at radius 3 is 2.50 bits per heavy atom. The van der Waals surface area contributed by atoms with Crippen molar-refractivity contribution in [1.82, 2.24) is 4.98 Å². The van der Waals surface area contributed by atoms with Gasteiger partial charge in [-0.1, -0.05) is 37.0 Å². The maximum Gasteiger partial charge on any atom is 0.230 e. The number of carbonyl (C=O) groups excluding carboxylic acids is 2. The van der Waals surface area contributed by atoms with Gasteiger partial charge < -0.3 is 0 Å². The smallest absolute Gasteiger partial charge is 0.230 e. The summed E-state index contributed by atoms with van der Waals surface area (Å²) in [6.45, 7) is 3.54. The van der Waals surface area contributed by atoms with Crippen LogP contribution in [-0.4, -0.2) is 16.7 Å². The predicted octanol–water partition coefficient (Wildman–Crippen LogP) is 5.30. The predicted molar refractivity (Wildman–Crippen MR) is 107 cm³/mol. The van der Waals surface area contributed by atoms with Gasteiger partial charge in [0.1, 0.15) is 0 Å². The molecule has 2 aromatic rings. The van der Waals surface area contributed by atoms with Gasteiger partial charge in [-0.15, -0.1) is 11.3 Å². The average Bonchev–Trinajstić information content (AvgIpc) is 3.10. The SMILES string of the molecule is CC(=O)N(c1ccc(C)cc1)c1nc(C=CC(=O)C2CCCCC2)cs1. The maximum atomic E-state index is 12.3. The number of amides is 1. The Morgan fingerprint density at radius 1 is 1.15 bits per heavy atom. The number of benzene rings is 1. The van der Waals surface area contributed by atoms with Crippen molar-refractivity contribution in [1.29, 1.82) is 0 Å². The van der Waals surface area contributed by atoms with Crippen LogP contribution in [0.2, 0.25) is 0 Å². The zero-order valence-electron chi connectivity index (χ0n) is 15.3. The van der Waals surface area contributed by atoms with Crippen LogP contribution < -0.4 is 4.90 Å². The molecular weight excluding hydrogens is 344 g/mol. The first-order valence-corrected chi connectivity index (χ1v) is 9.97. The molecule has 3 rings (SSSR count). The van der Waals surface area contributed by atoms with Crippen LogP contribution >= 0.6 is 11.3 Å². The molecule has 1 amide bonds. The van der Waals surface area contributed by atoms with E-state index >= 15 is 0 Å². The molecule has 4 nitrogen and oxygen atoms in total. The van der Waals surface area contributed by atoms with Gasteiger partial charge in [0, 0.05) is 18.2 Å². The van der Waals surface area contributed by atoms with Crippen LogP contribution in [0.4, 0.5) is 10.8 Å². The van der Waals surface area contributed by atoms with Gasteiger partial charge in [0.2, 0.25) is 5.91 Å². The van der Waals surface area contributed by atoms with Crippen molar-refractivity contribution in [2.75, 3.05) is 4.90 Å². The summed E-state index contributed by atoms with van der Waals surface area (Å²) in [6.07, 6.45) is 8.95. The van der Waals surface area contributed by atoms with E-state index in [0.717, 1.165) is 36.9 Å². The second-order valence-corrected chi connectivity index (χ2v) is 7.65. The minimum atomic E-state index is -0.0861. The minimum absolute atomic E-state index is 0.0861. The molecule has 0 bridgehead atoms. The second-order valence-electron chi connectivity index (χ2n) is 6.82. The molecule has 1 fully saturated rings. The molecule has 0 N–H and O–H groups in total. The number of allylic oxidation sites excluding steroid dienone is 1. The summed E-state index contributed by atoms with van der Waals surface area (Å²) in [6, 6.07) is 7.78. The Hall–Kier alpha value is -2.27. The van der Waals surface area contributed by atoms with E-state index in [2.05, 4.69) is 4.98 Å². The fraction of sp³-hybridized carbons (Fsp3) is 0.381. The highest BCUT2D eigenvalue weighted by Gasteiger charge is 2.20. The van der Waals surface area contributed by atoms with E-state index in [0.29, 0.717) is 10.8 Å². The molecule has 1 heterocycles. The monoisotopic (exact) mass is 368 g/mol. The number of aromatic nitrogens is 1. The zero-order valence-corrected chi connectivity index (χ0v) is 16.1. The molecule has 0 spiro atoms. The normalized spacial score (nSPS) is 15.3. The highest BCUT2D eigenvalue weighted by molar-refractivity contribution is 7.14. The number of nitrogens with zero attached hydrogens (tertiary/aromatic N) is 2. The molecule has 0 unspecified atom stereocenters. The van der Waals surface area contributed by atoms with Crippen LogP contribution in [0.5, 0.6) is 0 Å². The molecule has 26 heavy (non-hydrogen) atoms. The number of thiazole rings is 1. The van der Waals surface area contributed by atoms with Crippen LogP contribution in [0, 0.1) is 12.8 Å². The topological polar surface area (TPSA) is 50.3 Å². The summed E-state index contributed by atoms with van der Waals surface area (Å²) >= 11 is 1.40. The van der Waals surface area contributed by atoms with Gasteiger partial charge in [-0.05, 0) is 44.1 Å². The van der Waals surface area contributed by atoms with Crippen LogP contribution in [-0.2, 0) is 9.59 Å². The molecule has 0 atom stereocenters. The number of ketones is 1. The summed E-state index contributed by atoms with van der Waals surface area (Å²) in [5.74, 6) is 0.276. The number of anilines is 2.